The first-order valence-corrected chi connectivity index (χ1v) is 6.31. The summed E-state index contributed by atoms with van der Waals surface area (Å²) in [5.41, 5.74) is 6.90. The lowest BCUT2D eigenvalue weighted by molar-refractivity contribution is 0.457. The third-order valence-electron chi connectivity index (χ3n) is 2.83. The van der Waals surface area contributed by atoms with Gasteiger partial charge in [-0.05, 0) is 23.1 Å². The molecule has 20 heavy (non-hydrogen) atoms. The van der Waals surface area contributed by atoms with Crippen LogP contribution in [-0.2, 0) is 5.41 Å². The quantitative estimate of drug-likeness (QED) is 0.663. The van der Waals surface area contributed by atoms with Gasteiger partial charge in [0.1, 0.15) is 17.3 Å². The molecular formula is C15H18N4O. The Kier molecular flexibility index (Phi) is 3.70. The summed E-state index contributed by atoms with van der Waals surface area (Å²) in [5.74, 6) is 0.974. The lowest BCUT2D eigenvalue weighted by atomic mass is 9.87. The standard InChI is InChI=1S/C15H18N4O/c1-15(2,3)10-5-4-6-11(7-10)20-13-9-18-12(8-19-13)14(16)17/h4-9H,1-3H3,(H3,16,17). The van der Waals surface area contributed by atoms with E-state index in [-0.39, 0.29) is 11.3 Å². The Morgan fingerprint density at radius 1 is 1.20 bits per heavy atom. The number of rotatable bonds is 3. The predicted molar refractivity (Wildman–Crippen MR) is 78.3 cm³/mol. The number of hydrogen-bond donors (Lipinski definition) is 2. The summed E-state index contributed by atoms with van der Waals surface area (Å²) in [4.78, 5) is 8.09. The summed E-state index contributed by atoms with van der Waals surface area (Å²) >= 11 is 0. The maximum absolute atomic E-state index is 7.26. The molecule has 3 N–H and O–H groups in total. The van der Waals surface area contributed by atoms with E-state index in [1.54, 1.807) is 0 Å². The van der Waals surface area contributed by atoms with E-state index in [1.165, 1.54) is 18.0 Å². The Hall–Kier alpha value is -2.43. The van der Waals surface area contributed by atoms with E-state index in [4.69, 9.17) is 15.9 Å². The van der Waals surface area contributed by atoms with Gasteiger partial charge in [0, 0.05) is 0 Å². The molecule has 0 radical (unpaired) electrons. The van der Waals surface area contributed by atoms with Crippen LogP contribution in [0.5, 0.6) is 11.6 Å². The number of nitrogens with two attached hydrogens (primary N) is 1. The highest BCUT2D eigenvalue weighted by atomic mass is 16.5. The molecule has 0 aliphatic rings. The van der Waals surface area contributed by atoms with Crippen LogP contribution < -0.4 is 10.5 Å². The number of hydrogen-bond acceptors (Lipinski definition) is 4. The minimum absolute atomic E-state index is 0.0591. The summed E-state index contributed by atoms with van der Waals surface area (Å²) in [6, 6.07) is 7.88. The van der Waals surface area contributed by atoms with E-state index < -0.39 is 0 Å². The summed E-state index contributed by atoms with van der Waals surface area (Å²) in [5, 5.41) is 7.26. The first-order valence-electron chi connectivity index (χ1n) is 6.31. The average molecular weight is 270 g/mol. The predicted octanol–water partition coefficient (Wildman–Crippen LogP) is 2.85. The van der Waals surface area contributed by atoms with Crippen molar-refractivity contribution < 1.29 is 4.74 Å². The van der Waals surface area contributed by atoms with Crippen molar-refractivity contribution in [3.05, 3.63) is 47.9 Å². The van der Waals surface area contributed by atoms with Crippen LogP contribution in [0.3, 0.4) is 0 Å². The van der Waals surface area contributed by atoms with Gasteiger partial charge >= 0.3 is 0 Å². The summed E-state index contributed by atoms with van der Waals surface area (Å²) in [6.45, 7) is 6.44. The second-order valence-corrected chi connectivity index (χ2v) is 5.53. The van der Waals surface area contributed by atoms with Crippen LogP contribution in [0.15, 0.2) is 36.7 Å². The zero-order valence-corrected chi connectivity index (χ0v) is 11.8. The maximum atomic E-state index is 7.26. The zero-order chi connectivity index (χ0) is 14.8. The maximum Gasteiger partial charge on any atom is 0.237 e. The molecule has 0 fully saturated rings. The Labute approximate surface area is 118 Å². The molecule has 0 saturated carbocycles. The van der Waals surface area contributed by atoms with Crippen molar-refractivity contribution in [3.63, 3.8) is 0 Å². The molecule has 1 aromatic carbocycles. The van der Waals surface area contributed by atoms with E-state index >= 15 is 0 Å². The molecular weight excluding hydrogens is 252 g/mol. The molecule has 104 valence electrons. The van der Waals surface area contributed by atoms with Gasteiger partial charge in [-0.2, -0.15) is 0 Å². The highest BCUT2D eigenvalue weighted by Crippen LogP contribution is 2.27. The average Bonchev–Trinajstić information content (AvgIpc) is 2.38. The molecule has 5 heteroatoms. The molecule has 0 unspecified atom stereocenters. The third kappa shape index (κ3) is 3.32. The van der Waals surface area contributed by atoms with Gasteiger partial charge in [0.2, 0.25) is 5.88 Å². The molecule has 5 nitrogen and oxygen atoms in total. The molecule has 1 aromatic heterocycles. The van der Waals surface area contributed by atoms with Gasteiger partial charge in [-0.15, -0.1) is 0 Å². The summed E-state index contributed by atoms with van der Waals surface area (Å²) < 4.78 is 5.66. The van der Waals surface area contributed by atoms with Gasteiger partial charge in [-0.3, -0.25) is 5.41 Å². The van der Waals surface area contributed by atoms with E-state index in [0.717, 1.165) is 0 Å². The molecule has 0 saturated heterocycles. The first-order chi connectivity index (χ1) is 9.36. The molecule has 0 spiro atoms. The van der Waals surface area contributed by atoms with Crippen molar-refractivity contribution in [1.82, 2.24) is 9.97 Å². The molecule has 0 aliphatic heterocycles. The fourth-order valence-corrected chi connectivity index (χ4v) is 1.65. The monoisotopic (exact) mass is 270 g/mol. The summed E-state index contributed by atoms with van der Waals surface area (Å²) in [7, 11) is 0. The van der Waals surface area contributed by atoms with Crippen LogP contribution in [0.2, 0.25) is 0 Å². The number of amidine groups is 1. The smallest absolute Gasteiger partial charge is 0.237 e. The minimum Gasteiger partial charge on any atom is -0.437 e. The van der Waals surface area contributed by atoms with Gasteiger partial charge in [-0.1, -0.05) is 32.9 Å². The normalized spacial score (nSPS) is 11.2. The van der Waals surface area contributed by atoms with E-state index in [1.807, 2.05) is 18.2 Å². The van der Waals surface area contributed by atoms with Gasteiger partial charge < -0.3 is 10.5 Å². The Bertz CT molecular complexity index is 615. The van der Waals surface area contributed by atoms with Crippen molar-refractivity contribution in [2.75, 3.05) is 0 Å². The molecule has 0 bridgehead atoms. The number of nitrogen functional groups attached to an aromatic ring is 1. The Morgan fingerprint density at radius 2 is 1.95 bits per heavy atom. The first kappa shape index (κ1) is 14.0. The van der Waals surface area contributed by atoms with Crippen LogP contribution in [-0.4, -0.2) is 15.8 Å². The van der Waals surface area contributed by atoms with E-state index in [2.05, 4.69) is 36.8 Å². The number of nitrogens with one attached hydrogen (secondary N) is 1. The van der Waals surface area contributed by atoms with Gasteiger partial charge in [-0.25, -0.2) is 9.97 Å². The van der Waals surface area contributed by atoms with E-state index in [0.29, 0.717) is 17.3 Å². The Balaban J connectivity index is 2.20. The number of ether oxygens (including phenoxy) is 1. The summed E-state index contributed by atoms with van der Waals surface area (Å²) in [6.07, 6.45) is 2.88. The lowest BCUT2D eigenvalue weighted by Gasteiger charge is -2.19. The fourth-order valence-electron chi connectivity index (χ4n) is 1.65. The molecule has 2 rings (SSSR count). The second kappa shape index (κ2) is 5.28. The minimum atomic E-state index is -0.112. The van der Waals surface area contributed by atoms with Crippen molar-refractivity contribution in [3.8, 4) is 11.6 Å². The number of aromatic nitrogens is 2. The number of benzene rings is 1. The van der Waals surface area contributed by atoms with Crippen LogP contribution >= 0.6 is 0 Å². The highest BCUT2D eigenvalue weighted by Gasteiger charge is 2.14. The topological polar surface area (TPSA) is 84.9 Å². The Morgan fingerprint density at radius 3 is 2.50 bits per heavy atom. The van der Waals surface area contributed by atoms with Gasteiger partial charge in [0.15, 0.2) is 0 Å². The zero-order valence-electron chi connectivity index (χ0n) is 11.8. The van der Waals surface area contributed by atoms with Crippen molar-refractivity contribution in [1.29, 1.82) is 5.41 Å². The second-order valence-electron chi connectivity index (χ2n) is 5.53. The molecule has 1 heterocycles. The van der Waals surface area contributed by atoms with Crippen LogP contribution in [0.25, 0.3) is 0 Å². The third-order valence-corrected chi connectivity index (χ3v) is 2.83. The van der Waals surface area contributed by atoms with Gasteiger partial charge in [0.05, 0.1) is 12.4 Å². The van der Waals surface area contributed by atoms with Crippen molar-refractivity contribution in [2.45, 2.75) is 26.2 Å². The number of nitrogens with zero attached hydrogens (tertiary/aromatic N) is 2. The lowest BCUT2D eigenvalue weighted by Crippen LogP contribution is -2.13. The largest absolute Gasteiger partial charge is 0.437 e. The van der Waals surface area contributed by atoms with Crippen LogP contribution in [0, 0.1) is 5.41 Å². The molecule has 0 amide bonds. The molecule has 0 atom stereocenters. The molecule has 2 aromatic rings. The SMILES string of the molecule is CC(C)(C)c1cccc(Oc2cnc(C(=N)N)cn2)c1. The fraction of sp³-hybridized carbons (Fsp3) is 0.267. The van der Waals surface area contributed by atoms with Crippen LogP contribution in [0.1, 0.15) is 32.0 Å². The van der Waals surface area contributed by atoms with Gasteiger partial charge in [0.25, 0.3) is 0 Å². The van der Waals surface area contributed by atoms with Crippen LogP contribution in [0.4, 0.5) is 0 Å². The van der Waals surface area contributed by atoms with Crippen molar-refractivity contribution >= 4 is 5.84 Å². The van der Waals surface area contributed by atoms with E-state index in [9.17, 15) is 0 Å². The van der Waals surface area contributed by atoms with Crippen molar-refractivity contribution in [2.24, 2.45) is 5.73 Å². The molecule has 0 aliphatic carbocycles. The highest BCUT2D eigenvalue weighted by molar-refractivity contribution is 5.92.